The quantitative estimate of drug-likeness (QED) is 0.829. The van der Waals surface area contributed by atoms with Crippen molar-refractivity contribution in [1.82, 2.24) is 0 Å². The predicted molar refractivity (Wildman–Crippen MR) is 65.3 cm³/mol. The van der Waals surface area contributed by atoms with Gasteiger partial charge in [-0.25, -0.2) is 4.99 Å². The van der Waals surface area contributed by atoms with Gasteiger partial charge in [0.25, 0.3) is 0 Å². The van der Waals surface area contributed by atoms with Gasteiger partial charge in [-0.1, -0.05) is 6.08 Å². The van der Waals surface area contributed by atoms with E-state index in [0.717, 1.165) is 16.9 Å². The summed E-state index contributed by atoms with van der Waals surface area (Å²) in [5.41, 5.74) is 2.91. The number of aliphatic imine (C=N–C) groups is 1. The van der Waals surface area contributed by atoms with Gasteiger partial charge in [-0.15, -0.1) is 0 Å². The number of hydrogen-bond donors (Lipinski definition) is 1. The van der Waals surface area contributed by atoms with Crippen LogP contribution in [-0.4, -0.2) is 20.6 Å². The van der Waals surface area contributed by atoms with Gasteiger partial charge in [0, 0.05) is 11.6 Å². The van der Waals surface area contributed by atoms with Gasteiger partial charge in [-0.05, 0) is 13.0 Å². The first-order valence-electron chi connectivity index (χ1n) is 5.02. The van der Waals surface area contributed by atoms with Crippen molar-refractivity contribution in [2.24, 2.45) is 4.99 Å². The van der Waals surface area contributed by atoms with E-state index in [0.29, 0.717) is 11.5 Å². The maximum absolute atomic E-state index is 5.26. The van der Waals surface area contributed by atoms with Crippen LogP contribution < -0.4 is 14.8 Å². The Balaban J connectivity index is 2.58. The van der Waals surface area contributed by atoms with Gasteiger partial charge < -0.3 is 14.8 Å². The minimum absolute atomic E-state index is 0.708. The summed E-state index contributed by atoms with van der Waals surface area (Å²) < 4.78 is 10.5. The number of rotatable bonds is 2. The summed E-state index contributed by atoms with van der Waals surface area (Å²) in [4.78, 5) is 4.25. The Kier molecular flexibility index (Phi) is 2.81. The zero-order valence-electron chi connectivity index (χ0n) is 9.57. The minimum atomic E-state index is 0.708. The molecule has 0 saturated heterocycles. The van der Waals surface area contributed by atoms with Gasteiger partial charge in [-0.2, -0.15) is 0 Å². The molecule has 0 aromatic heterocycles. The third kappa shape index (κ3) is 1.62. The molecule has 1 heterocycles. The summed E-state index contributed by atoms with van der Waals surface area (Å²) in [5, 5.41) is 3.08. The third-order valence-electron chi connectivity index (χ3n) is 2.50. The Morgan fingerprint density at radius 2 is 1.88 bits per heavy atom. The monoisotopic (exact) mass is 218 g/mol. The molecular formula is C12H14N2O2. The molecule has 2 rings (SSSR count). The fraction of sp³-hybridized carbons (Fsp3) is 0.250. The summed E-state index contributed by atoms with van der Waals surface area (Å²) in [6.45, 7) is 1.96. The zero-order valence-corrected chi connectivity index (χ0v) is 9.57. The number of nitrogens with zero attached hydrogens (tertiary/aromatic N) is 1. The lowest BCUT2D eigenvalue weighted by Crippen LogP contribution is -2.05. The highest BCUT2D eigenvalue weighted by Crippen LogP contribution is 2.37. The van der Waals surface area contributed by atoms with E-state index in [1.165, 1.54) is 0 Å². The fourth-order valence-corrected chi connectivity index (χ4v) is 1.68. The summed E-state index contributed by atoms with van der Waals surface area (Å²) in [6.07, 6.45) is 3.63. The van der Waals surface area contributed by atoms with E-state index < -0.39 is 0 Å². The molecule has 0 bridgehead atoms. The summed E-state index contributed by atoms with van der Waals surface area (Å²) in [6, 6.07) is 3.83. The Hall–Kier alpha value is -1.97. The Morgan fingerprint density at radius 1 is 1.19 bits per heavy atom. The molecule has 1 aromatic carbocycles. The number of anilines is 1. The SMILES string of the molecule is C/C=C1\N=CNc2cc(OC)c(OC)cc21. The topological polar surface area (TPSA) is 42.9 Å². The smallest absolute Gasteiger partial charge is 0.162 e. The van der Waals surface area contributed by atoms with Crippen LogP contribution in [0.1, 0.15) is 12.5 Å². The molecule has 16 heavy (non-hydrogen) atoms. The van der Waals surface area contributed by atoms with Gasteiger partial charge in [-0.3, -0.25) is 0 Å². The van der Waals surface area contributed by atoms with Crippen LogP contribution in [-0.2, 0) is 0 Å². The standard InChI is InChI=1S/C12H14N2O2/c1-4-9-8-5-11(15-2)12(16-3)6-10(8)14-7-13-9/h4-7H,1-3H3,(H,13,14)/b9-4-. The number of ether oxygens (including phenoxy) is 2. The molecule has 4 heteroatoms. The molecular weight excluding hydrogens is 204 g/mol. The molecule has 1 aromatic rings. The molecule has 0 radical (unpaired) electrons. The number of nitrogens with one attached hydrogen (secondary N) is 1. The van der Waals surface area contributed by atoms with E-state index in [9.17, 15) is 0 Å². The van der Waals surface area contributed by atoms with Crippen LogP contribution in [0.4, 0.5) is 5.69 Å². The summed E-state index contributed by atoms with van der Waals surface area (Å²) in [7, 11) is 3.25. The Labute approximate surface area is 94.6 Å². The molecule has 4 nitrogen and oxygen atoms in total. The van der Waals surface area contributed by atoms with Gasteiger partial charge >= 0.3 is 0 Å². The lowest BCUT2D eigenvalue weighted by atomic mass is 10.1. The molecule has 0 unspecified atom stereocenters. The van der Waals surface area contributed by atoms with E-state index in [4.69, 9.17) is 9.47 Å². The first-order chi connectivity index (χ1) is 7.80. The van der Waals surface area contributed by atoms with Gasteiger partial charge in [0.2, 0.25) is 0 Å². The van der Waals surface area contributed by atoms with Crippen LogP contribution in [0.25, 0.3) is 5.70 Å². The van der Waals surface area contributed by atoms with Crippen molar-refractivity contribution >= 4 is 17.7 Å². The lowest BCUT2D eigenvalue weighted by Gasteiger charge is -2.17. The number of methoxy groups -OCH3 is 2. The van der Waals surface area contributed by atoms with Crippen molar-refractivity contribution in [2.45, 2.75) is 6.92 Å². The summed E-state index contributed by atoms with van der Waals surface area (Å²) >= 11 is 0. The van der Waals surface area contributed by atoms with Gasteiger partial charge in [0.15, 0.2) is 11.5 Å². The minimum Gasteiger partial charge on any atom is -0.493 e. The molecule has 0 aliphatic carbocycles. The Morgan fingerprint density at radius 3 is 2.50 bits per heavy atom. The van der Waals surface area contributed by atoms with Gasteiger partial charge in [0.1, 0.15) is 0 Å². The zero-order chi connectivity index (χ0) is 11.5. The molecule has 0 spiro atoms. The van der Waals surface area contributed by atoms with Crippen LogP contribution in [0, 0.1) is 0 Å². The van der Waals surface area contributed by atoms with E-state index >= 15 is 0 Å². The second-order valence-electron chi connectivity index (χ2n) is 3.33. The number of allylic oxidation sites excluding steroid dienone is 1. The predicted octanol–water partition coefficient (Wildman–Crippen LogP) is 2.52. The maximum Gasteiger partial charge on any atom is 0.162 e. The maximum atomic E-state index is 5.26. The molecule has 1 N–H and O–H groups in total. The van der Waals surface area contributed by atoms with Crippen LogP contribution in [0.15, 0.2) is 23.2 Å². The average Bonchev–Trinajstić information content (AvgIpc) is 2.36. The Bertz CT molecular complexity index is 464. The number of benzene rings is 1. The number of hydrogen-bond acceptors (Lipinski definition) is 4. The molecule has 0 atom stereocenters. The molecule has 0 amide bonds. The van der Waals surface area contributed by atoms with E-state index in [1.54, 1.807) is 20.6 Å². The van der Waals surface area contributed by atoms with E-state index in [-0.39, 0.29) is 0 Å². The molecule has 84 valence electrons. The second-order valence-corrected chi connectivity index (χ2v) is 3.33. The highest BCUT2D eigenvalue weighted by molar-refractivity contribution is 5.93. The van der Waals surface area contributed by atoms with Crippen molar-refractivity contribution in [3.8, 4) is 11.5 Å². The fourth-order valence-electron chi connectivity index (χ4n) is 1.68. The summed E-state index contributed by atoms with van der Waals surface area (Å²) in [5.74, 6) is 1.42. The van der Waals surface area contributed by atoms with Crippen molar-refractivity contribution < 1.29 is 9.47 Å². The molecule has 0 saturated carbocycles. The van der Waals surface area contributed by atoms with Crippen LogP contribution in [0.2, 0.25) is 0 Å². The van der Waals surface area contributed by atoms with E-state index in [2.05, 4.69) is 10.3 Å². The van der Waals surface area contributed by atoms with Crippen molar-refractivity contribution in [1.29, 1.82) is 0 Å². The first-order valence-corrected chi connectivity index (χ1v) is 5.02. The van der Waals surface area contributed by atoms with Crippen molar-refractivity contribution in [3.63, 3.8) is 0 Å². The average molecular weight is 218 g/mol. The van der Waals surface area contributed by atoms with Crippen molar-refractivity contribution in [2.75, 3.05) is 19.5 Å². The molecule has 1 aliphatic rings. The largest absolute Gasteiger partial charge is 0.493 e. The van der Waals surface area contributed by atoms with Gasteiger partial charge in [0.05, 0.1) is 31.9 Å². The molecule has 1 aliphatic heterocycles. The first kappa shape index (κ1) is 10.5. The third-order valence-corrected chi connectivity index (χ3v) is 2.50. The van der Waals surface area contributed by atoms with Crippen LogP contribution in [0.5, 0.6) is 11.5 Å². The second kappa shape index (κ2) is 4.26. The van der Waals surface area contributed by atoms with Crippen LogP contribution >= 0.6 is 0 Å². The van der Waals surface area contributed by atoms with Crippen LogP contribution in [0.3, 0.4) is 0 Å². The highest BCUT2D eigenvalue weighted by Gasteiger charge is 2.15. The normalized spacial score (nSPS) is 15.6. The molecule has 0 fully saturated rings. The van der Waals surface area contributed by atoms with E-state index in [1.807, 2.05) is 25.1 Å². The lowest BCUT2D eigenvalue weighted by molar-refractivity contribution is 0.355. The highest BCUT2D eigenvalue weighted by atomic mass is 16.5. The number of fused-ring (bicyclic) bond motifs is 1. The van der Waals surface area contributed by atoms with Crippen molar-refractivity contribution in [3.05, 3.63) is 23.8 Å².